The fraction of sp³-hybridized carbons (Fsp3) is 0.538. The van der Waals surface area contributed by atoms with Crippen LogP contribution in [0.2, 0.25) is 0 Å². The Bertz CT molecular complexity index is 582. The van der Waals surface area contributed by atoms with Gasteiger partial charge in [0.1, 0.15) is 13.2 Å². The molecule has 0 radical (unpaired) electrons. The van der Waals surface area contributed by atoms with Crippen molar-refractivity contribution in [1.29, 1.82) is 0 Å². The molecule has 0 saturated carbocycles. The van der Waals surface area contributed by atoms with Crippen molar-refractivity contribution in [2.45, 2.75) is 19.4 Å². The summed E-state index contributed by atoms with van der Waals surface area (Å²) in [5, 5.41) is 0. The molecule has 7 heteroatoms. The van der Waals surface area contributed by atoms with Gasteiger partial charge in [-0.25, -0.2) is 0 Å². The van der Waals surface area contributed by atoms with Crippen molar-refractivity contribution in [3.05, 3.63) is 23.8 Å². The molecule has 2 heterocycles. The van der Waals surface area contributed by atoms with E-state index in [0.717, 1.165) is 18.4 Å². The summed E-state index contributed by atoms with van der Waals surface area (Å²) in [6, 6.07) is 5.48. The molecule has 1 fully saturated rings. The molecule has 1 aromatic carbocycles. The molecule has 6 nitrogen and oxygen atoms in total. The van der Waals surface area contributed by atoms with E-state index in [4.69, 9.17) is 9.47 Å². The first-order chi connectivity index (χ1) is 9.65. The Morgan fingerprint density at radius 3 is 2.55 bits per heavy atom. The zero-order valence-corrected chi connectivity index (χ0v) is 12.0. The highest BCUT2D eigenvalue weighted by Gasteiger charge is 2.24. The number of ether oxygens (including phenoxy) is 2. The minimum Gasteiger partial charge on any atom is -0.486 e. The summed E-state index contributed by atoms with van der Waals surface area (Å²) in [7, 11) is -3.37. The quantitative estimate of drug-likeness (QED) is 0.896. The van der Waals surface area contributed by atoms with E-state index < -0.39 is 10.2 Å². The number of hydrogen-bond acceptors (Lipinski definition) is 4. The molecular weight excluding hydrogens is 280 g/mol. The van der Waals surface area contributed by atoms with Crippen LogP contribution in [0.4, 0.5) is 0 Å². The van der Waals surface area contributed by atoms with Crippen molar-refractivity contribution < 1.29 is 17.9 Å². The standard InChI is InChI=1S/C13H18N2O4S/c16-20(17,15-5-1-2-6-15)14-10-11-3-4-12-13(9-11)19-8-7-18-12/h3-4,9,14H,1-2,5-8,10H2. The number of rotatable bonds is 4. The van der Waals surface area contributed by atoms with Crippen LogP contribution in [0.15, 0.2) is 18.2 Å². The van der Waals surface area contributed by atoms with Gasteiger partial charge in [0.25, 0.3) is 10.2 Å². The normalized spacial score (nSPS) is 19.2. The van der Waals surface area contributed by atoms with E-state index in [2.05, 4.69) is 4.72 Å². The van der Waals surface area contributed by atoms with Gasteiger partial charge in [0, 0.05) is 19.6 Å². The molecule has 2 aliphatic heterocycles. The van der Waals surface area contributed by atoms with Gasteiger partial charge in [0.15, 0.2) is 11.5 Å². The van der Waals surface area contributed by atoms with Crippen LogP contribution in [-0.4, -0.2) is 39.0 Å². The van der Waals surface area contributed by atoms with Crippen molar-refractivity contribution in [1.82, 2.24) is 9.03 Å². The molecule has 0 bridgehead atoms. The molecule has 1 aromatic rings. The molecule has 1 N–H and O–H groups in total. The Morgan fingerprint density at radius 2 is 1.80 bits per heavy atom. The second kappa shape index (κ2) is 5.59. The van der Waals surface area contributed by atoms with Crippen LogP contribution in [0.1, 0.15) is 18.4 Å². The Labute approximate surface area is 118 Å². The maximum Gasteiger partial charge on any atom is 0.279 e. The van der Waals surface area contributed by atoms with E-state index in [1.54, 1.807) is 0 Å². The SMILES string of the molecule is O=S(=O)(NCc1ccc2c(c1)OCCO2)N1CCCC1. The molecule has 3 rings (SSSR count). The zero-order valence-electron chi connectivity index (χ0n) is 11.2. The van der Waals surface area contributed by atoms with Crippen molar-refractivity contribution in [3.63, 3.8) is 0 Å². The molecule has 0 amide bonds. The van der Waals surface area contributed by atoms with Crippen molar-refractivity contribution >= 4 is 10.2 Å². The third kappa shape index (κ3) is 2.89. The van der Waals surface area contributed by atoms with E-state index in [1.165, 1.54) is 4.31 Å². The summed E-state index contributed by atoms with van der Waals surface area (Å²) in [5.41, 5.74) is 0.858. The van der Waals surface area contributed by atoms with Crippen LogP contribution in [0.5, 0.6) is 11.5 Å². The first-order valence-electron chi connectivity index (χ1n) is 6.78. The van der Waals surface area contributed by atoms with E-state index >= 15 is 0 Å². The van der Waals surface area contributed by atoms with Gasteiger partial charge in [-0.05, 0) is 30.5 Å². The Kier molecular flexibility index (Phi) is 3.82. The zero-order chi connectivity index (χ0) is 14.0. The fourth-order valence-corrected chi connectivity index (χ4v) is 3.66. The predicted molar refractivity (Wildman–Crippen MR) is 74.0 cm³/mol. The average Bonchev–Trinajstić information content (AvgIpc) is 3.00. The van der Waals surface area contributed by atoms with Crippen LogP contribution < -0.4 is 14.2 Å². The monoisotopic (exact) mass is 298 g/mol. The number of fused-ring (bicyclic) bond motifs is 1. The maximum absolute atomic E-state index is 12.1. The topological polar surface area (TPSA) is 67.9 Å². The highest BCUT2D eigenvalue weighted by atomic mass is 32.2. The second-order valence-corrected chi connectivity index (χ2v) is 6.67. The van der Waals surface area contributed by atoms with Gasteiger partial charge in [-0.1, -0.05) is 6.07 Å². The van der Waals surface area contributed by atoms with Crippen molar-refractivity contribution in [2.24, 2.45) is 0 Å². The molecular formula is C13H18N2O4S. The van der Waals surface area contributed by atoms with Crippen LogP contribution >= 0.6 is 0 Å². The smallest absolute Gasteiger partial charge is 0.279 e. The molecule has 0 spiro atoms. The molecule has 0 unspecified atom stereocenters. The molecule has 20 heavy (non-hydrogen) atoms. The summed E-state index contributed by atoms with van der Waals surface area (Å²) < 4.78 is 39.1. The third-order valence-corrected chi connectivity index (χ3v) is 5.02. The van der Waals surface area contributed by atoms with Crippen LogP contribution in [0, 0.1) is 0 Å². The van der Waals surface area contributed by atoms with Crippen LogP contribution in [0.25, 0.3) is 0 Å². The Morgan fingerprint density at radius 1 is 1.10 bits per heavy atom. The third-order valence-electron chi connectivity index (χ3n) is 3.47. The van der Waals surface area contributed by atoms with E-state index in [0.29, 0.717) is 37.8 Å². The molecule has 2 aliphatic rings. The molecule has 0 aliphatic carbocycles. The second-order valence-electron chi connectivity index (χ2n) is 4.91. The minimum atomic E-state index is -3.37. The number of hydrogen-bond donors (Lipinski definition) is 1. The van der Waals surface area contributed by atoms with Gasteiger partial charge in [0.05, 0.1) is 0 Å². The highest BCUT2D eigenvalue weighted by Crippen LogP contribution is 2.30. The van der Waals surface area contributed by atoms with E-state index in [9.17, 15) is 8.42 Å². The van der Waals surface area contributed by atoms with Crippen molar-refractivity contribution in [2.75, 3.05) is 26.3 Å². The van der Waals surface area contributed by atoms with Gasteiger partial charge in [-0.15, -0.1) is 0 Å². The van der Waals surface area contributed by atoms with E-state index in [-0.39, 0.29) is 6.54 Å². The lowest BCUT2D eigenvalue weighted by Gasteiger charge is -2.19. The van der Waals surface area contributed by atoms with Crippen LogP contribution in [0.3, 0.4) is 0 Å². The van der Waals surface area contributed by atoms with Gasteiger partial charge >= 0.3 is 0 Å². The number of nitrogens with zero attached hydrogens (tertiary/aromatic N) is 1. The summed E-state index contributed by atoms with van der Waals surface area (Å²) >= 11 is 0. The lowest BCUT2D eigenvalue weighted by Crippen LogP contribution is -2.38. The number of benzene rings is 1. The molecule has 0 aromatic heterocycles. The molecule has 110 valence electrons. The summed E-state index contributed by atoms with van der Waals surface area (Å²) in [5.74, 6) is 1.39. The van der Waals surface area contributed by atoms with Gasteiger partial charge in [-0.2, -0.15) is 17.4 Å². The summed E-state index contributed by atoms with van der Waals surface area (Å²) in [6.45, 7) is 2.55. The van der Waals surface area contributed by atoms with Gasteiger partial charge in [-0.3, -0.25) is 0 Å². The summed E-state index contributed by atoms with van der Waals surface area (Å²) in [4.78, 5) is 0. The Balaban J connectivity index is 1.66. The predicted octanol–water partition coefficient (Wildman–Crippen LogP) is 0.888. The van der Waals surface area contributed by atoms with Crippen LogP contribution in [-0.2, 0) is 16.8 Å². The highest BCUT2D eigenvalue weighted by molar-refractivity contribution is 7.87. The Hall–Kier alpha value is -1.31. The molecule has 1 saturated heterocycles. The first-order valence-corrected chi connectivity index (χ1v) is 8.22. The summed E-state index contributed by atoms with van der Waals surface area (Å²) in [6.07, 6.45) is 1.87. The number of nitrogens with one attached hydrogen (secondary N) is 1. The van der Waals surface area contributed by atoms with E-state index in [1.807, 2.05) is 18.2 Å². The lowest BCUT2D eigenvalue weighted by atomic mass is 10.2. The first kappa shape index (κ1) is 13.7. The molecule has 0 atom stereocenters. The largest absolute Gasteiger partial charge is 0.486 e. The van der Waals surface area contributed by atoms with Gasteiger partial charge in [0.2, 0.25) is 0 Å². The maximum atomic E-state index is 12.1. The van der Waals surface area contributed by atoms with Crippen molar-refractivity contribution in [3.8, 4) is 11.5 Å². The minimum absolute atomic E-state index is 0.259. The fourth-order valence-electron chi connectivity index (χ4n) is 2.39. The van der Waals surface area contributed by atoms with Gasteiger partial charge < -0.3 is 9.47 Å². The average molecular weight is 298 g/mol. The lowest BCUT2D eigenvalue weighted by molar-refractivity contribution is 0.171.